The fourth-order valence-electron chi connectivity index (χ4n) is 2.14. The molecule has 0 saturated carbocycles. The van der Waals surface area contributed by atoms with E-state index in [1.54, 1.807) is 12.4 Å². The molecule has 0 aliphatic carbocycles. The van der Waals surface area contributed by atoms with Crippen molar-refractivity contribution >= 4 is 11.6 Å². The van der Waals surface area contributed by atoms with Crippen LogP contribution in [-0.2, 0) is 17.8 Å². The van der Waals surface area contributed by atoms with E-state index in [0.717, 1.165) is 17.8 Å². The fraction of sp³-hybridized carbons (Fsp3) is 0.294. The molecule has 1 heterocycles. The van der Waals surface area contributed by atoms with Gasteiger partial charge in [-0.05, 0) is 49.8 Å². The second-order valence-corrected chi connectivity index (χ2v) is 5.35. The lowest BCUT2D eigenvalue weighted by Gasteiger charge is -2.11. The van der Waals surface area contributed by atoms with Crippen LogP contribution in [-0.4, -0.2) is 29.9 Å². The molecule has 1 N–H and O–H groups in total. The Hall–Kier alpha value is -2.20. The summed E-state index contributed by atoms with van der Waals surface area (Å²) in [5.41, 5.74) is 3.12. The number of carbonyl (C=O) groups is 1. The van der Waals surface area contributed by atoms with Crippen LogP contribution in [0, 0.1) is 0 Å². The van der Waals surface area contributed by atoms with Gasteiger partial charge in [-0.15, -0.1) is 0 Å². The Balaban J connectivity index is 1.87. The van der Waals surface area contributed by atoms with Crippen molar-refractivity contribution in [2.24, 2.45) is 0 Å². The quantitative estimate of drug-likeness (QED) is 0.886. The van der Waals surface area contributed by atoms with E-state index in [1.165, 1.54) is 5.56 Å². The number of rotatable bonds is 6. The molecule has 0 spiro atoms. The van der Waals surface area contributed by atoms with Crippen molar-refractivity contribution < 1.29 is 4.79 Å². The van der Waals surface area contributed by atoms with E-state index in [4.69, 9.17) is 0 Å². The van der Waals surface area contributed by atoms with Crippen LogP contribution in [0.4, 0.5) is 5.69 Å². The van der Waals surface area contributed by atoms with Gasteiger partial charge in [-0.1, -0.05) is 18.2 Å². The zero-order valence-electron chi connectivity index (χ0n) is 12.5. The van der Waals surface area contributed by atoms with Gasteiger partial charge in [-0.25, -0.2) is 0 Å². The van der Waals surface area contributed by atoms with Crippen molar-refractivity contribution in [3.8, 4) is 0 Å². The van der Waals surface area contributed by atoms with E-state index in [-0.39, 0.29) is 5.91 Å². The Morgan fingerprint density at radius 3 is 2.71 bits per heavy atom. The van der Waals surface area contributed by atoms with Crippen LogP contribution in [0.25, 0.3) is 0 Å². The predicted molar refractivity (Wildman–Crippen MR) is 85.0 cm³/mol. The largest absolute Gasteiger partial charge is 0.326 e. The highest BCUT2D eigenvalue weighted by Gasteiger charge is 2.04. The van der Waals surface area contributed by atoms with Crippen LogP contribution < -0.4 is 5.32 Å². The molecule has 0 saturated heterocycles. The molecule has 0 radical (unpaired) electrons. The molecule has 0 aliphatic rings. The standard InChI is InChI=1S/C17H21N3O/c1-20(2)13-15-5-3-7-16(11-15)19-17(21)9-8-14-6-4-10-18-12-14/h3-7,10-12H,8-9,13H2,1-2H3,(H,19,21). The van der Waals surface area contributed by atoms with Crippen LogP contribution in [0.2, 0.25) is 0 Å². The summed E-state index contributed by atoms with van der Waals surface area (Å²) in [5, 5.41) is 2.95. The minimum atomic E-state index is 0.0286. The van der Waals surface area contributed by atoms with Crippen molar-refractivity contribution in [3.05, 3.63) is 59.9 Å². The Morgan fingerprint density at radius 2 is 2.00 bits per heavy atom. The molecular formula is C17H21N3O. The Morgan fingerprint density at radius 1 is 1.19 bits per heavy atom. The van der Waals surface area contributed by atoms with Gasteiger partial charge in [0.1, 0.15) is 0 Å². The van der Waals surface area contributed by atoms with Crippen LogP contribution in [0.1, 0.15) is 17.5 Å². The van der Waals surface area contributed by atoms with E-state index in [2.05, 4.69) is 21.3 Å². The summed E-state index contributed by atoms with van der Waals surface area (Å²) in [6, 6.07) is 11.8. The first-order chi connectivity index (χ1) is 10.1. The highest BCUT2D eigenvalue weighted by Crippen LogP contribution is 2.12. The topological polar surface area (TPSA) is 45.2 Å². The first kappa shape index (κ1) is 15.2. The van der Waals surface area contributed by atoms with Crippen LogP contribution in [0.5, 0.6) is 0 Å². The lowest BCUT2D eigenvalue weighted by atomic mass is 10.1. The number of anilines is 1. The average Bonchev–Trinajstić information content (AvgIpc) is 2.46. The minimum Gasteiger partial charge on any atom is -0.326 e. The van der Waals surface area contributed by atoms with Crippen LogP contribution in [0.15, 0.2) is 48.8 Å². The summed E-state index contributed by atoms with van der Waals surface area (Å²) in [6.45, 7) is 0.861. The van der Waals surface area contributed by atoms with E-state index >= 15 is 0 Å². The van der Waals surface area contributed by atoms with Gasteiger partial charge in [0.15, 0.2) is 0 Å². The van der Waals surface area contributed by atoms with Gasteiger partial charge < -0.3 is 10.2 Å². The maximum Gasteiger partial charge on any atom is 0.224 e. The SMILES string of the molecule is CN(C)Cc1cccc(NC(=O)CCc2cccnc2)c1. The predicted octanol–water partition coefficient (Wildman–Crippen LogP) is 2.71. The molecule has 0 aliphatic heterocycles. The highest BCUT2D eigenvalue weighted by molar-refractivity contribution is 5.90. The van der Waals surface area contributed by atoms with Crippen LogP contribution in [0.3, 0.4) is 0 Å². The second-order valence-electron chi connectivity index (χ2n) is 5.35. The van der Waals surface area contributed by atoms with E-state index < -0.39 is 0 Å². The number of hydrogen-bond donors (Lipinski definition) is 1. The number of nitrogens with one attached hydrogen (secondary N) is 1. The molecule has 4 nitrogen and oxygen atoms in total. The van der Waals surface area contributed by atoms with Gasteiger partial charge in [0.2, 0.25) is 5.91 Å². The summed E-state index contributed by atoms with van der Waals surface area (Å²) in [7, 11) is 4.05. The van der Waals surface area contributed by atoms with Gasteiger partial charge in [0.25, 0.3) is 0 Å². The summed E-state index contributed by atoms with van der Waals surface area (Å²) < 4.78 is 0. The smallest absolute Gasteiger partial charge is 0.224 e. The molecule has 4 heteroatoms. The second kappa shape index (κ2) is 7.55. The average molecular weight is 283 g/mol. The molecule has 2 aromatic rings. The van der Waals surface area contributed by atoms with Gasteiger partial charge in [-0.3, -0.25) is 9.78 Å². The fourth-order valence-corrected chi connectivity index (χ4v) is 2.14. The lowest BCUT2D eigenvalue weighted by Crippen LogP contribution is -2.14. The van der Waals surface area contributed by atoms with E-state index in [1.807, 2.05) is 44.4 Å². The Kier molecular flexibility index (Phi) is 5.46. The zero-order valence-corrected chi connectivity index (χ0v) is 12.5. The third kappa shape index (κ3) is 5.36. The molecule has 1 aromatic carbocycles. The van der Waals surface area contributed by atoms with Crippen LogP contribution >= 0.6 is 0 Å². The monoisotopic (exact) mass is 283 g/mol. The first-order valence-corrected chi connectivity index (χ1v) is 7.06. The molecule has 0 unspecified atom stereocenters. The number of aromatic nitrogens is 1. The van der Waals surface area contributed by atoms with Gasteiger partial charge >= 0.3 is 0 Å². The van der Waals surface area contributed by atoms with Crippen molar-refractivity contribution in [1.82, 2.24) is 9.88 Å². The third-order valence-corrected chi connectivity index (χ3v) is 3.07. The molecule has 1 amide bonds. The number of carbonyl (C=O) groups excluding carboxylic acids is 1. The first-order valence-electron chi connectivity index (χ1n) is 7.06. The Bertz CT molecular complexity index is 582. The summed E-state index contributed by atoms with van der Waals surface area (Å²) in [4.78, 5) is 18.1. The van der Waals surface area contributed by atoms with Gasteiger partial charge in [0, 0.05) is 31.0 Å². The van der Waals surface area contributed by atoms with Gasteiger partial charge in [-0.2, -0.15) is 0 Å². The summed E-state index contributed by atoms with van der Waals surface area (Å²) in [6.07, 6.45) is 4.70. The molecular weight excluding hydrogens is 262 g/mol. The van der Waals surface area contributed by atoms with Crippen molar-refractivity contribution in [1.29, 1.82) is 0 Å². The van der Waals surface area contributed by atoms with Gasteiger partial charge in [0.05, 0.1) is 0 Å². The molecule has 0 fully saturated rings. The van der Waals surface area contributed by atoms with E-state index in [9.17, 15) is 4.79 Å². The van der Waals surface area contributed by atoms with E-state index in [0.29, 0.717) is 12.8 Å². The number of hydrogen-bond acceptors (Lipinski definition) is 3. The number of nitrogens with zero attached hydrogens (tertiary/aromatic N) is 2. The van der Waals surface area contributed by atoms with Crippen molar-refractivity contribution in [2.45, 2.75) is 19.4 Å². The molecule has 1 aromatic heterocycles. The summed E-state index contributed by atoms with van der Waals surface area (Å²) >= 11 is 0. The molecule has 2 rings (SSSR count). The third-order valence-electron chi connectivity index (χ3n) is 3.07. The normalized spacial score (nSPS) is 10.6. The zero-order chi connectivity index (χ0) is 15.1. The number of amides is 1. The maximum absolute atomic E-state index is 12.0. The molecule has 0 atom stereocenters. The molecule has 21 heavy (non-hydrogen) atoms. The minimum absolute atomic E-state index is 0.0286. The highest BCUT2D eigenvalue weighted by atomic mass is 16.1. The molecule has 0 bridgehead atoms. The maximum atomic E-state index is 12.0. The number of pyridine rings is 1. The van der Waals surface area contributed by atoms with Crippen molar-refractivity contribution in [2.75, 3.05) is 19.4 Å². The molecule has 110 valence electrons. The lowest BCUT2D eigenvalue weighted by molar-refractivity contribution is -0.116. The summed E-state index contributed by atoms with van der Waals surface area (Å²) in [5.74, 6) is 0.0286. The number of aryl methyl sites for hydroxylation is 1. The number of benzene rings is 1. The van der Waals surface area contributed by atoms with Crippen molar-refractivity contribution in [3.63, 3.8) is 0 Å². The Labute approximate surface area is 125 Å².